The number of rotatable bonds is 6. The van der Waals surface area contributed by atoms with Gasteiger partial charge in [-0.2, -0.15) is 4.31 Å². The number of anilines is 1. The topological polar surface area (TPSA) is 92.8 Å². The van der Waals surface area contributed by atoms with Gasteiger partial charge in [0, 0.05) is 24.2 Å². The molecule has 0 aromatic heterocycles. The van der Waals surface area contributed by atoms with E-state index in [0.29, 0.717) is 18.8 Å². The number of esters is 1. The van der Waals surface area contributed by atoms with Gasteiger partial charge in [0.25, 0.3) is 5.91 Å². The molecule has 7 nitrogen and oxygen atoms in total. The number of hydrogen-bond acceptors (Lipinski definition) is 5. The highest BCUT2D eigenvalue weighted by atomic mass is 32.2. The average Bonchev–Trinajstić information content (AvgIpc) is 3.34. The summed E-state index contributed by atoms with van der Waals surface area (Å²) in [5, 5.41) is 4.60. The molecular weight excluding hydrogens is 416 g/mol. The summed E-state index contributed by atoms with van der Waals surface area (Å²) < 4.78 is 31.9. The molecule has 0 saturated carbocycles. The van der Waals surface area contributed by atoms with Gasteiger partial charge in [0.05, 0.1) is 10.5 Å². The summed E-state index contributed by atoms with van der Waals surface area (Å²) in [6.07, 6.45) is 1.65. The van der Waals surface area contributed by atoms with E-state index >= 15 is 0 Å². The number of carbonyl (C=O) groups is 2. The molecule has 0 unspecified atom stereocenters. The minimum absolute atomic E-state index is 0.0454. The van der Waals surface area contributed by atoms with Gasteiger partial charge < -0.3 is 10.1 Å². The molecule has 1 N–H and O–H groups in total. The molecule has 1 fully saturated rings. The average molecular weight is 439 g/mol. The summed E-state index contributed by atoms with van der Waals surface area (Å²) in [5.74, 6) is -1.24. The molecule has 1 aliphatic heterocycles. The molecule has 1 saturated heterocycles. The minimum Gasteiger partial charge on any atom is -0.452 e. The van der Waals surface area contributed by atoms with Crippen LogP contribution in [-0.4, -0.2) is 44.3 Å². The van der Waals surface area contributed by atoms with Crippen LogP contribution in [0.2, 0.25) is 0 Å². The molecule has 3 aromatic rings. The Balaban J connectivity index is 1.41. The number of carbonyl (C=O) groups excluding carboxylic acids is 2. The Bertz CT molecular complexity index is 1230. The Morgan fingerprint density at radius 3 is 2.45 bits per heavy atom. The lowest BCUT2D eigenvalue weighted by molar-refractivity contribution is -0.119. The molecule has 160 valence electrons. The van der Waals surface area contributed by atoms with Crippen LogP contribution in [0.3, 0.4) is 0 Å². The Labute approximate surface area is 180 Å². The molecule has 0 spiro atoms. The quantitative estimate of drug-likeness (QED) is 0.596. The van der Waals surface area contributed by atoms with E-state index in [1.165, 1.54) is 28.6 Å². The maximum atomic E-state index is 12.7. The highest BCUT2D eigenvalue weighted by molar-refractivity contribution is 7.89. The molecule has 1 heterocycles. The standard InChI is InChI=1S/C23H22N2O5S/c26-22(24-21-12-6-8-17-7-1-2-11-20(17)21)16-30-23(27)18-9-5-10-19(15-18)31(28,29)25-13-3-4-14-25/h1-2,5-12,15H,3-4,13-14,16H2,(H,24,26). The third kappa shape index (κ3) is 4.60. The van der Waals surface area contributed by atoms with Crippen LogP contribution in [0.4, 0.5) is 5.69 Å². The second-order valence-corrected chi connectivity index (χ2v) is 9.23. The van der Waals surface area contributed by atoms with Crippen LogP contribution in [-0.2, 0) is 19.6 Å². The van der Waals surface area contributed by atoms with E-state index in [1.807, 2.05) is 36.4 Å². The summed E-state index contributed by atoms with van der Waals surface area (Å²) in [6, 6.07) is 18.9. The van der Waals surface area contributed by atoms with Gasteiger partial charge in [-0.25, -0.2) is 13.2 Å². The number of ether oxygens (including phenoxy) is 1. The van der Waals surface area contributed by atoms with E-state index in [-0.39, 0.29) is 10.5 Å². The van der Waals surface area contributed by atoms with Gasteiger partial charge in [-0.1, -0.05) is 42.5 Å². The lowest BCUT2D eigenvalue weighted by atomic mass is 10.1. The van der Waals surface area contributed by atoms with Crippen molar-refractivity contribution in [2.24, 2.45) is 0 Å². The second-order valence-electron chi connectivity index (χ2n) is 7.29. The molecule has 0 atom stereocenters. The summed E-state index contributed by atoms with van der Waals surface area (Å²) >= 11 is 0. The number of hydrogen-bond donors (Lipinski definition) is 1. The van der Waals surface area contributed by atoms with Crippen molar-refractivity contribution >= 4 is 38.4 Å². The largest absolute Gasteiger partial charge is 0.452 e. The SMILES string of the molecule is O=C(COC(=O)c1cccc(S(=O)(=O)N2CCCC2)c1)Nc1cccc2ccccc12. The third-order valence-electron chi connectivity index (χ3n) is 5.17. The Kier molecular flexibility index (Phi) is 6.01. The number of benzene rings is 3. The van der Waals surface area contributed by atoms with E-state index in [0.717, 1.165) is 23.6 Å². The Morgan fingerprint density at radius 1 is 0.935 bits per heavy atom. The number of nitrogens with zero attached hydrogens (tertiary/aromatic N) is 1. The zero-order valence-electron chi connectivity index (χ0n) is 16.8. The number of amides is 1. The first-order valence-electron chi connectivity index (χ1n) is 10.00. The van der Waals surface area contributed by atoms with Crippen LogP contribution in [0, 0.1) is 0 Å². The lowest BCUT2D eigenvalue weighted by Crippen LogP contribution is -2.28. The summed E-state index contributed by atoms with van der Waals surface area (Å²) in [7, 11) is -3.64. The maximum absolute atomic E-state index is 12.7. The molecule has 0 radical (unpaired) electrons. The van der Waals surface area contributed by atoms with Crippen LogP contribution in [0.5, 0.6) is 0 Å². The fourth-order valence-electron chi connectivity index (χ4n) is 3.60. The Morgan fingerprint density at radius 2 is 1.65 bits per heavy atom. The molecule has 1 aliphatic rings. The number of sulfonamides is 1. The first-order chi connectivity index (χ1) is 14.9. The molecule has 31 heavy (non-hydrogen) atoms. The number of nitrogens with one attached hydrogen (secondary N) is 1. The van der Waals surface area contributed by atoms with Crippen LogP contribution in [0.15, 0.2) is 71.6 Å². The molecular formula is C23H22N2O5S. The van der Waals surface area contributed by atoms with Gasteiger partial charge in [0.15, 0.2) is 6.61 Å². The number of fused-ring (bicyclic) bond motifs is 1. The predicted molar refractivity (Wildman–Crippen MR) is 117 cm³/mol. The second kappa shape index (κ2) is 8.87. The van der Waals surface area contributed by atoms with Crippen LogP contribution in [0.1, 0.15) is 23.2 Å². The molecule has 4 rings (SSSR count). The molecule has 0 aliphatic carbocycles. The van der Waals surface area contributed by atoms with Gasteiger partial charge in [0.1, 0.15) is 0 Å². The summed E-state index contributed by atoms with van der Waals surface area (Å²) in [6.45, 7) is 0.474. The van der Waals surface area contributed by atoms with Gasteiger partial charge in [0.2, 0.25) is 10.0 Å². The van der Waals surface area contributed by atoms with E-state index in [1.54, 1.807) is 6.07 Å². The van der Waals surface area contributed by atoms with Crippen molar-refractivity contribution in [2.45, 2.75) is 17.7 Å². The van der Waals surface area contributed by atoms with Crippen molar-refractivity contribution in [2.75, 3.05) is 25.0 Å². The van der Waals surface area contributed by atoms with Gasteiger partial charge in [-0.3, -0.25) is 4.79 Å². The summed E-state index contributed by atoms with van der Waals surface area (Å²) in [5.41, 5.74) is 0.705. The normalized spacial score (nSPS) is 14.5. The van der Waals surface area contributed by atoms with Crippen LogP contribution < -0.4 is 5.32 Å². The zero-order valence-corrected chi connectivity index (χ0v) is 17.6. The highest BCUT2D eigenvalue weighted by Gasteiger charge is 2.27. The fraction of sp³-hybridized carbons (Fsp3) is 0.217. The molecule has 3 aromatic carbocycles. The van der Waals surface area contributed by atoms with E-state index < -0.39 is 28.5 Å². The van der Waals surface area contributed by atoms with Crippen LogP contribution in [0.25, 0.3) is 10.8 Å². The van der Waals surface area contributed by atoms with Crippen LogP contribution >= 0.6 is 0 Å². The highest BCUT2D eigenvalue weighted by Crippen LogP contribution is 2.23. The van der Waals surface area contributed by atoms with E-state index in [9.17, 15) is 18.0 Å². The van der Waals surface area contributed by atoms with Gasteiger partial charge >= 0.3 is 5.97 Å². The van der Waals surface area contributed by atoms with Crippen molar-refractivity contribution in [1.29, 1.82) is 0 Å². The Hall–Kier alpha value is -3.23. The molecule has 1 amide bonds. The zero-order chi connectivity index (χ0) is 21.8. The van der Waals surface area contributed by atoms with E-state index in [2.05, 4.69) is 5.32 Å². The van der Waals surface area contributed by atoms with Crippen molar-refractivity contribution in [1.82, 2.24) is 4.31 Å². The van der Waals surface area contributed by atoms with E-state index in [4.69, 9.17) is 4.74 Å². The maximum Gasteiger partial charge on any atom is 0.338 e. The smallest absolute Gasteiger partial charge is 0.338 e. The first kappa shape index (κ1) is 21.0. The van der Waals surface area contributed by atoms with Crippen molar-refractivity contribution in [3.05, 3.63) is 72.3 Å². The predicted octanol–water partition coefficient (Wildman–Crippen LogP) is 3.42. The third-order valence-corrected chi connectivity index (χ3v) is 7.07. The van der Waals surface area contributed by atoms with Crippen molar-refractivity contribution in [3.8, 4) is 0 Å². The molecule has 0 bridgehead atoms. The minimum atomic E-state index is -3.64. The van der Waals surface area contributed by atoms with Gasteiger partial charge in [-0.05, 0) is 42.5 Å². The lowest BCUT2D eigenvalue weighted by Gasteiger charge is -2.15. The monoisotopic (exact) mass is 438 g/mol. The van der Waals surface area contributed by atoms with Crippen molar-refractivity contribution < 1.29 is 22.7 Å². The molecule has 8 heteroatoms. The fourth-order valence-corrected chi connectivity index (χ4v) is 5.16. The first-order valence-corrected chi connectivity index (χ1v) is 11.4. The van der Waals surface area contributed by atoms with Crippen molar-refractivity contribution in [3.63, 3.8) is 0 Å². The van der Waals surface area contributed by atoms with Gasteiger partial charge in [-0.15, -0.1) is 0 Å². The summed E-state index contributed by atoms with van der Waals surface area (Å²) in [4.78, 5) is 24.8.